The van der Waals surface area contributed by atoms with Gasteiger partial charge in [-0.25, -0.2) is 0 Å². The second-order valence-electron chi connectivity index (χ2n) is 4.58. The number of aryl methyl sites for hydroxylation is 1. The van der Waals surface area contributed by atoms with Gasteiger partial charge >= 0.3 is 0 Å². The van der Waals surface area contributed by atoms with E-state index < -0.39 is 0 Å². The molecule has 0 aliphatic rings. The molecule has 21 heavy (non-hydrogen) atoms. The molecule has 0 atom stereocenters. The van der Waals surface area contributed by atoms with Crippen LogP contribution in [-0.2, 0) is 0 Å². The minimum Gasteiger partial charge on any atom is -0.493 e. The zero-order valence-corrected chi connectivity index (χ0v) is 12.6. The van der Waals surface area contributed by atoms with E-state index in [1.54, 1.807) is 24.3 Å². The molecule has 0 aliphatic heterocycles. The highest BCUT2D eigenvalue weighted by molar-refractivity contribution is 7.19. The summed E-state index contributed by atoms with van der Waals surface area (Å²) in [6.07, 6.45) is 0. The third kappa shape index (κ3) is 2.70. The number of H-pyrrole nitrogens is 1. The minimum atomic E-state index is -0.383. The quantitative estimate of drug-likeness (QED) is 0.754. The van der Waals surface area contributed by atoms with Crippen molar-refractivity contribution in [2.75, 3.05) is 0 Å². The number of aromatic amines is 1. The second-order valence-corrected chi connectivity index (χ2v) is 6.30. The van der Waals surface area contributed by atoms with Gasteiger partial charge in [0.15, 0.2) is 5.82 Å². The molecule has 4 nitrogen and oxygen atoms in total. The SMILES string of the molecule is Cc1ccc(-c2c(O)nc(-c3ccc(Cl)s3)[nH]c2=O)cc1. The van der Waals surface area contributed by atoms with Crippen molar-refractivity contribution in [2.24, 2.45) is 0 Å². The topological polar surface area (TPSA) is 66.0 Å². The van der Waals surface area contributed by atoms with E-state index in [1.165, 1.54) is 11.3 Å². The molecule has 0 amide bonds. The molecule has 0 fully saturated rings. The number of nitrogens with zero attached hydrogens (tertiary/aromatic N) is 1. The van der Waals surface area contributed by atoms with Crippen LogP contribution >= 0.6 is 22.9 Å². The number of thiophene rings is 1. The lowest BCUT2D eigenvalue weighted by Gasteiger charge is -2.05. The van der Waals surface area contributed by atoms with Gasteiger partial charge in [-0.15, -0.1) is 11.3 Å². The van der Waals surface area contributed by atoms with E-state index in [2.05, 4.69) is 9.97 Å². The van der Waals surface area contributed by atoms with Crippen molar-refractivity contribution in [1.82, 2.24) is 9.97 Å². The van der Waals surface area contributed by atoms with E-state index in [1.807, 2.05) is 19.1 Å². The van der Waals surface area contributed by atoms with Crippen LogP contribution < -0.4 is 5.56 Å². The number of hydrogen-bond donors (Lipinski definition) is 2. The summed E-state index contributed by atoms with van der Waals surface area (Å²) in [4.78, 5) is 19.7. The number of aromatic hydroxyl groups is 1. The largest absolute Gasteiger partial charge is 0.493 e. The minimum absolute atomic E-state index is 0.168. The first kappa shape index (κ1) is 13.9. The molecule has 0 radical (unpaired) electrons. The number of nitrogens with one attached hydrogen (secondary N) is 1. The van der Waals surface area contributed by atoms with Gasteiger partial charge < -0.3 is 10.1 Å². The highest BCUT2D eigenvalue weighted by Gasteiger charge is 2.14. The molecule has 0 bridgehead atoms. The van der Waals surface area contributed by atoms with Gasteiger partial charge in [0.2, 0.25) is 5.88 Å². The summed E-state index contributed by atoms with van der Waals surface area (Å²) in [6, 6.07) is 10.8. The van der Waals surface area contributed by atoms with Crippen LogP contribution in [0.5, 0.6) is 5.88 Å². The standard InChI is InChI=1S/C15H11ClN2O2S/c1-8-2-4-9(5-3-8)12-14(19)17-13(18-15(12)20)10-6-7-11(16)21-10/h2-7H,1H3,(H2,17,18,19,20). The lowest BCUT2D eigenvalue weighted by Crippen LogP contribution is -2.11. The molecule has 0 aliphatic carbocycles. The van der Waals surface area contributed by atoms with Crippen LogP contribution in [0.3, 0.4) is 0 Å². The number of hydrogen-bond acceptors (Lipinski definition) is 4. The van der Waals surface area contributed by atoms with E-state index in [0.717, 1.165) is 5.56 Å². The van der Waals surface area contributed by atoms with Crippen molar-refractivity contribution in [3.63, 3.8) is 0 Å². The molecule has 2 N–H and O–H groups in total. The van der Waals surface area contributed by atoms with E-state index in [4.69, 9.17) is 11.6 Å². The van der Waals surface area contributed by atoms with Gasteiger partial charge in [-0.05, 0) is 24.6 Å². The van der Waals surface area contributed by atoms with Crippen LogP contribution in [0.15, 0.2) is 41.2 Å². The fraction of sp³-hybridized carbons (Fsp3) is 0.0667. The van der Waals surface area contributed by atoms with Crippen LogP contribution in [0.4, 0.5) is 0 Å². The number of aromatic nitrogens is 2. The van der Waals surface area contributed by atoms with Gasteiger partial charge in [-0.1, -0.05) is 41.4 Å². The Hall–Kier alpha value is -2.11. The Bertz CT molecular complexity index is 853. The summed E-state index contributed by atoms with van der Waals surface area (Å²) in [5.41, 5.74) is 1.49. The molecule has 106 valence electrons. The number of rotatable bonds is 2. The maximum absolute atomic E-state index is 12.2. The molecule has 3 rings (SSSR count). The normalized spacial score (nSPS) is 10.8. The van der Waals surface area contributed by atoms with Crippen LogP contribution in [0.2, 0.25) is 4.34 Å². The number of halogens is 1. The maximum atomic E-state index is 12.2. The highest BCUT2D eigenvalue weighted by atomic mass is 35.5. The summed E-state index contributed by atoms with van der Waals surface area (Å²) in [7, 11) is 0. The Balaban J connectivity index is 2.12. The van der Waals surface area contributed by atoms with Crippen molar-refractivity contribution in [2.45, 2.75) is 6.92 Å². The Morgan fingerprint density at radius 2 is 1.90 bits per heavy atom. The third-order valence-corrected chi connectivity index (χ3v) is 4.29. The first-order valence-corrected chi connectivity index (χ1v) is 7.40. The van der Waals surface area contributed by atoms with Gasteiger partial charge in [-0.2, -0.15) is 4.98 Å². The summed E-state index contributed by atoms with van der Waals surface area (Å²) in [6.45, 7) is 1.95. The third-order valence-electron chi connectivity index (χ3n) is 3.05. The highest BCUT2D eigenvalue weighted by Crippen LogP contribution is 2.31. The van der Waals surface area contributed by atoms with E-state index in [0.29, 0.717) is 20.6 Å². The van der Waals surface area contributed by atoms with Crippen LogP contribution in [0, 0.1) is 6.92 Å². The van der Waals surface area contributed by atoms with Gasteiger partial charge in [0.1, 0.15) is 5.56 Å². The van der Waals surface area contributed by atoms with Crippen molar-refractivity contribution >= 4 is 22.9 Å². The first-order valence-electron chi connectivity index (χ1n) is 6.20. The Labute approximate surface area is 129 Å². The van der Waals surface area contributed by atoms with E-state index in [9.17, 15) is 9.90 Å². The lowest BCUT2D eigenvalue weighted by atomic mass is 10.1. The zero-order valence-electron chi connectivity index (χ0n) is 11.1. The van der Waals surface area contributed by atoms with Crippen molar-refractivity contribution in [3.8, 4) is 27.7 Å². The van der Waals surface area contributed by atoms with E-state index in [-0.39, 0.29) is 17.0 Å². The predicted molar refractivity (Wildman–Crippen MR) is 85.0 cm³/mol. The van der Waals surface area contributed by atoms with Gasteiger partial charge in [-0.3, -0.25) is 4.79 Å². The average Bonchev–Trinajstić information content (AvgIpc) is 2.87. The van der Waals surface area contributed by atoms with Crippen LogP contribution in [0.25, 0.3) is 21.8 Å². The van der Waals surface area contributed by atoms with E-state index >= 15 is 0 Å². The molecule has 0 saturated heterocycles. The molecule has 2 heterocycles. The van der Waals surface area contributed by atoms with Crippen molar-refractivity contribution in [3.05, 3.63) is 56.7 Å². The molecule has 1 aromatic carbocycles. The van der Waals surface area contributed by atoms with Gasteiger partial charge in [0.25, 0.3) is 5.56 Å². The van der Waals surface area contributed by atoms with Gasteiger partial charge in [0, 0.05) is 0 Å². The van der Waals surface area contributed by atoms with Crippen molar-refractivity contribution < 1.29 is 5.11 Å². The monoisotopic (exact) mass is 318 g/mol. The maximum Gasteiger partial charge on any atom is 0.262 e. The molecule has 6 heteroatoms. The molecular formula is C15H11ClN2O2S. The number of benzene rings is 1. The molecule has 2 aromatic heterocycles. The lowest BCUT2D eigenvalue weighted by molar-refractivity contribution is 0.454. The summed E-state index contributed by atoms with van der Waals surface area (Å²) in [5, 5.41) is 10.1. The Kier molecular flexibility index (Phi) is 3.53. The van der Waals surface area contributed by atoms with Crippen LogP contribution in [0.1, 0.15) is 5.56 Å². The van der Waals surface area contributed by atoms with Crippen molar-refractivity contribution in [1.29, 1.82) is 0 Å². The molecule has 0 spiro atoms. The van der Waals surface area contributed by atoms with Crippen LogP contribution in [-0.4, -0.2) is 15.1 Å². The van der Waals surface area contributed by atoms with Gasteiger partial charge in [0.05, 0.1) is 9.21 Å². The fourth-order valence-corrected chi connectivity index (χ4v) is 2.99. The molecular weight excluding hydrogens is 308 g/mol. The molecule has 0 unspecified atom stereocenters. The fourth-order valence-electron chi connectivity index (χ4n) is 2.00. The zero-order chi connectivity index (χ0) is 15.0. The summed E-state index contributed by atoms with van der Waals surface area (Å²) >= 11 is 7.15. The summed E-state index contributed by atoms with van der Waals surface area (Å²) < 4.78 is 0.592. The second kappa shape index (κ2) is 5.35. The first-order chi connectivity index (χ1) is 10.0. The Morgan fingerprint density at radius 3 is 2.48 bits per heavy atom. The Morgan fingerprint density at radius 1 is 1.19 bits per heavy atom. The molecule has 0 saturated carbocycles. The predicted octanol–water partition coefficient (Wildman–Crippen LogP) is 3.83. The summed E-state index contributed by atoms with van der Waals surface area (Å²) in [5.74, 6) is 0.0207. The average molecular weight is 319 g/mol. The molecule has 3 aromatic rings. The smallest absolute Gasteiger partial charge is 0.262 e.